The van der Waals surface area contributed by atoms with Crippen LogP contribution in [0.5, 0.6) is 0 Å². The molecule has 0 aliphatic heterocycles. The summed E-state index contributed by atoms with van der Waals surface area (Å²) in [5.74, 6) is -0.291. The van der Waals surface area contributed by atoms with Gasteiger partial charge in [-0.25, -0.2) is 0 Å². The summed E-state index contributed by atoms with van der Waals surface area (Å²) >= 11 is 1.18. The number of carbonyl (C=O) groups is 1. The predicted molar refractivity (Wildman–Crippen MR) is 70.5 cm³/mol. The highest BCUT2D eigenvalue weighted by Crippen LogP contribution is 2.53. The molecule has 1 heterocycles. The van der Waals surface area contributed by atoms with E-state index in [2.05, 4.69) is 5.32 Å². The van der Waals surface area contributed by atoms with E-state index < -0.39 is 19.6 Å². The zero-order chi connectivity index (χ0) is 14.2. The van der Waals surface area contributed by atoms with Gasteiger partial charge in [0.2, 0.25) is 8.38 Å². The lowest BCUT2D eigenvalue weighted by Crippen LogP contribution is -2.15. The second-order valence-electron chi connectivity index (χ2n) is 3.77. The van der Waals surface area contributed by atoms with Crippen LogP contribution in [0.1, 0.15) is 15.2 Å². The molecule has 1 aromatic carbocycles. The van der Waals surface area contributed by atoms with Gasteiger partial charge in [0, 0.05) is 17.3 Å². The Kier molecular flexibility index (Phi) is 3.82. The largest absolute Gasteiger partial charge is 0.354 e. The van der Waals surface area contributed by atoms with Crippen LogP contribution in [-0.2, 0) is 5.66 Å². The fourth-order valence-electron chi connectivity index (χ4n) is 1.58. The molecule has 4 nitrogen and oxygen atoms in total. The molecular formula is C11H10F2NO3PS. The molecule has 0 bridgehead atoms. The zero-order valence-corrected chi connectivity index (χ0v) is 11.4. The van der Waals surface area contributed by atoms with E-state index in [0.717, 1.165) is 6.07 Å². The van der Waals surface area contributed by atoms with Crippen LogP contribution in [0, 0.1) is 0 Å². The molecule has 0 atom stereocenters. The summed E-state index contributed by atoms with van der Waals surface area (Å²) in [5, 5.41) is 2.92. The van der Waals surface area contributed by atoms with Crippen molar-refractivity contribution >= 4 is 35.7 Å². The number of alkyl halides is 2. The van der Waals surface area contributed by atoms with E-state index in [9.17, 15) is 13.6 Å². The molecule has 3 N–H and O–H groups in total. The Bertz CT molecular complexity index is 629. The number of thiophene rings is 1. The number of rotatable bonds is 3. The van der Waals surface area contributed by atoms with Crippen LogP contribution in [0.3, 0.4) is 0 Å². The highest BCUT2D eigenvalue weighted by Gasteiger charge is 2.41. The predicted octanol–water partition coefficient (Wildman–Crippen LogP) is 2.61. The number of benzene rings is 1. The van der Waals surface area contributed by atoms with Gasteiger partial charge in [-0.15, -0.1) is 11.3 Å². The fourth-order valence-corrected chi connectivity index (χ4v) is 2.94. The van der Waals surface area contributed by atoms with E-state index in [0.29, 0.717) is 15.0 Å². The van der Waals surface area contributed by atoms with E-state index in [1.165, 1.54) is 36.6 Å². The van der Waals surface area contributed by atoms with E-state index in [4.69, 9.17) is 9.79 Å². The quantitative estimate of drug-likeness (QED) is 0.763. The number of hydrogen-bond acceptors (Lipinski definition) is 4. The van der Waals surface area contributed by atoms with Crippen molar-refractivity contribution in [3.05, 3.63) is 34.7 Å². The van der Waals surface area contributed by atoms with Gasteiger partial charge in [0.1, 0.15) is 0 Å². The highest BCUT2D eigenvalue weighted by atomic mass is 32.1. The molecule has 2 aromatic rings. The summed E-state index contributed by atoms with van der Waals surface area (Å²) in [5.41, 5.74) is -4.16. The lowest BCUT2D eigenvalue weighted by Gasteiger charge is -2.17. The first kappa shape index (κ1) is 14.3. The topological polar surface area (TPSA) is 69.6 Å². The minimum atomic E-state index is -3.68. The van der Waals surface area contributed by atoms with Crippen molar-refractivity contribution in [2.24, 2.45) is 0 Å². The van der Waals surface area contributed by atoms with E-state index in [-0.39, 0.29) is 5.91 Å². The molecule has 19 heavy (non-hydrogen) atoms. The highest BCUT2D eigenvalue weighted by molar-refractivity contribution is 7.46. The third kappa shape index (κ3) is 2.60. The van der Waals surface area contributed by atoms with Crippen LogP contribution in [-0.4, -0.2) is 22.7 Å². The Morgan fingerprint density at radius 1 is 1.37 bits per heavy atom. The summed E-state index contributed by atoms with van der Waals surface area (Å²) in [6.45, 7) is 0. The number of halogens is 2. The van der Waals surface area contributed by atoms with Gasteiger partial charge in [-0.3, -0.25) is 4.79 Å². The van der Waals surface area contributed by atoms with Gasteiger partial charge >= 0.3 is 5.66 Å². The van der Waals surface area contributed by atoms with E-state index in [1.807, 2.05) is 0 Å². The molecule has 8 heteroatoms. The first-order valence-corrected chi connectivity index (χ1v) is 7.24. The van der Waals surface area contributed by atoms with Crippen molar-refractivity contribution in [2.45, 2.75) is 5.66 Å². The Labute approximate surface area is 112 Å². The van der Waals surface area contributed by atoms with Crippen molar-refractivity contribution in [1.29, 1.82) is 0 Å². The molecule has 0 spiro atoms. The second-order valence-corrected chi connectivity index (χ2v) is 6.00. The van der Waals surface area contributed by atoms with Crippen molar-refractivity contribution in [3.8, 4) is 0 Å². The smallest absolute Gasteiger partial charge is 0.339 e. The summed E-state index contributed by atoms with van der Waals surface area (Å²) < 4.78 is 27.7. The summed E-state index contributed by atoms with van der Waals surface area (Å²) in [6.07, 6.45) is 0. The Morgan fingerprint density at radius 3 is 2.63 bits per heavy atom. The van der Waals surface area contributed by atoms with Crippen molar-refractivity contribution < 1.29 is 23.4 Å². The molecule has 0 aliphatic rings. The van der Waals surface area contributed by atoms with Gasteiger partial charge in [-0.05, 0) is 23.6 Å². The molecule has 0 saturated carbocycles. The maximum atomic E-state index is 13.5. The molecule has 2 rings (SSSR count). The van der Waals surface area contributed by atoms with Crippen LogP contribution < -0.4 is 5.32 Å². The zero-order valence-electron chi connectivity index (χ0n) is 9.72. The summed E-state index contributed by atoms with van der Waals surface area (Å²) in [6, 6.07) is 5.23. The molecule has 102 valence electrons. The number of fused-ring (bicyclic) bond motifs is 1. The molecule has 0 saturated heterocycles. The monoisotopic (exact) mass is 305 g/mol. The average Bonchev–Trinajstić information content (AvgIpc) is 2.80. The van der Waals surface area contributed by atoms with Crippen LogP contribution in [0.15, 0.2) is 24.3 Å². The number of amides is 1. The van der Waals surface area contributed by atoms with Gasteiger partial charge in [0.25, 0.3) is 5.91 Å². The van der Waals surface area contributed by atoms with Crippen molar-refractivity contribution in [3.63, 3.8) is 0 Å². The maximum Gasteiger partial charge on any atom is 0.339 e. The second kappa shape index (κ2) is 5.09. The third-order valence-electron chi connectivity index (χ3n) is 2.57. The minimum Gasteiger partial charge on any atom is -0.354 e. The Balaban J connectivity index is 2.49. The lowest BCUT2D eigenvalue weighted by atomic mass is 10.1. The summed E-state index contributed by atoms with van der Waals surface area (Å²) in [4.78, 5) is 29.3. The summed E-state index contributed by atoms with van der Waals surface area (Å²) in [7, 11) is -1.91. The van der Waals surface area contributed by atoms with Gasteiger partial charge in [0.05, 0.1) is 4.88 Å². The average molecular weight is 305 g/mol. The number of nitrogens with one attached hydrogen (secondary N) is 1. The number of carbonyl (C=O) groups excluding carboxylic acids is 1. The first-order chi connectivity index (χ1) is 8.86. The Morgan fingerprint density at radius 2 is 2.05 bits per heavy atom. The van der Waals surface area contributed by atoms with Gasteiger partial charge in [0.15, 0.2) is 0 Å². The molecule has 0 radical (unpaired) electrons. The van der Waals surface area contributed by atoms with Crippen molar-refractivity contribution in [1.82, 2.24) is 5.32 Å². The normalized spacial score (nSPS) is 12.1. The molecule has 1 amide bonds. The molecular weight excluding hydrogens is 295 g/mol. The molecule has 0 fully saturated rings. The van der Waals surface area contributed by atoms with Gasteiger partial charge in [-0.1, -0.05) is 6.07 Å². The first-order valence-electron chi connectivity index (χ1n) is 5.18. The molecule has 0 aliphatic carbocycles. The van der Waals surface area contributed by atoms with E-state index in [1.54, 1.807) is 0 Å². The van der Waals surface area contributed by atoms with E-state index >= 15 is 0 Å². The third-order valence-corrected chi connectivity index (χ3v) is 4.44. The Hall–Kier alpha value is -1.14. The molecule has 1 aromatic heterocycles. The van der Waals surface area contributed by atoms with Crippen LogP contribution in [0.25, 0.3) is 10.1 Å². The standard InChI is InChI=1S/C11H10F2NO3PS/c1-14-10(15)9-5-6-4-7(2-3-8(6)19-9)11(12,13)18(16)17/h2-5,16-17H,1H3,(H,14,15). The molecule has 0 unspecified atom stereocenters. The van der Waals surface area contributed by atoms with Gasteiger partial charge < -0.3 is 15.1 Å². The maximum absolute atomic E-state index is 13.5. The lowest BCUT2D eigenvalue weighted by molar-refractivity contribution is 0.0734. The van der Waals surface area contributed by atoms with Gasteiger partial charge in [-0.2, -0.15) is 8.78 Å². The van der Waals surface area contributed by atoms with Crippen molar-refractivity contribution in [2.75, 3.05) is 7.05 Å². The van der Waals surface area contributed by atoms with Crippen LogP contribution in [0.2, 0.25) is 0 Å². The fraction of sp³-hybridized carbons (Fsp3) is 0.182. The minimum absolute atomic E-state index is 0.291. The SMILES string of the molecule is CNC(=O)c1cc2cc(C(F)(F)P(O)O)ccc2s1. The van der Waals surface area contributed by atoms with Crippen LogP contribution in [0.4, 0.5) is 8.78 Å². The number of hydrogen-bond donors (Lipinski definition) is 3. The van der Waals surface area contributed by atoms with Crippen LogP contribution >= 0.6 is 19.7 Å².